The minimum Gasteiger partial charge on any atom is -0.493 e. The molecule has 0 aliphatic carbocycles. The molecule has 1 aromatic heterocycles. The Morgan fingerprint density at radius 2 is 2.07 bits per heavy atom. The summed E-state index contributed by atoms with van der Waals surface area (Å²) in [6.07, 6.45) is 3.19. The van der Waals surface area contributed by atoms with Crippen molar-refractivity contribution in [2.24, 2.45) is 0 Å². The van der Waals surface area contributed by atoms with Crippen molar-refractivity contribution in [1.29, 1.82) is 0 Å². The first-order valence-corrected chi connectivity index (χ1v) is 9.54. The molecule has 7 heteroatoms. The van der Waals surface area contributed by atoms with Gasteiger partial charge in [0.2, 0.25) is 0 Å². The van der Waals surface area contributed by atoms with Gasteiger partial charge < -0.3 is 24.8 Å². The second-order valence-corrected chi connectivity index (χ2v) is 6.38. The van der Waals surface area contributed by atoms with Crippen molar-refractivity contribution in [3.05, 3.63) is 42.2 Å². The van der Waals surface area contributed by atoms with E-state index in [1.165, 1.54) is 0 Å². The first-order valence-electron chi connectivity index (χ1n) is 9.54. The van der Waals surface area contributed by atoms with Crippen LogP contribution in [0.1, 0.15) is 19.4 Å². The molecule has 0 aliphatic heterocycles. The smallest absolute Gasteiger partial charge is 0.161 e. The van der Waals surface area contributed by atoms with Crippen molar-refractivity contribution in [3.8, 4) is 11.5 Å². The van der Waals surface area contributed by atoms with E-state index in [1.54, 1.807) is 13.3 Å². The number of likely N-dealkylation sites (N-methyl/N-ethyl adjacent to an activating group) is 1. The largest absolute Gasteiger partial charge is 0.493 e. The van der Waals surface area contributed by atoms with Gasteiger partial charge in [-0.3, -0.25) is 4.68 Å². The monoisotopic (exact) mass is 376 g/mol. The fourth-order valence-electron chi connectivity index (χ4n) is 2.82. The molecule has 2 N–H and O–H groups in total. The third-order valence-corrected chi connectivity index (χ3v) is 4.43. The summed E-state index contributed by atoms with van der Waals surface area (Å²) in [6, 6.07) is 7.79. The van der Waals surface area contributed by atoms with Gasteiger partial charge in [0.25, 0.3) is 0 Å². The number of aliphatic hydroxyl groups excluding tert-OH is 1. The molecular formula is C20H32N4O3. The van der Waals surface area contributed by atoms with Gasteiger partial charge in [-0.05, 0) is 36.9 Å². The molecule has 0 saturated heterocycles. The number of nitrogens with zero attached hydrogens (tertiary/aromatic N) is 3. The zero-order chi connectivity index (χ0) is 19.5. The molecule has 7 nitrogen and oxygen atoms in total. The van der Waals surface area contributed by atoms with Gasteiger partial charge >= 0.3 is 0 Å². The number of benzene rings is 1. The second-order valence-electron chi connectivity index (χ2n) is 6.38. The normalized spacial score (nSPS) is 12.3. The van der Waals surface area contributed by atoms with Gasteiger partial charge in [0.15, 0.2) is 11.5 Å². The van der Waals surface area contributed by atoms with Crippen molar-refractivity contribution in [2.45, 2.75) is 33.0 Å². The van der Waals surface area contributed by atoms with Crippen LogP contribution in [0.25, 0.3) is 0 Å². The highest BCUT2D eigenvalue weighted by atomic mass is 16.5. The number of aromatic nitrogens is 2. The Kier molecular flexibility index (Phi) is 9.10. The summed E-state index contributed by atoms with van der Waals surface area (Å²) in [5.74, 6) is 1.33. The van der Waals surface area contributed by atoms with Gasteiger partial charge in [0, 0.05) is 32.0 Å². The summed E-state index contributed by atoms with van der Waals surface area (Å²) < 4.78 is 13.1. The van der Waals surface area contributed by atoms with E-state index in [1.807, 2.05) is 35.1 Å². The van der Waals surface area contributed by atoms with E-state index in [-0.39, 0.29) is 6.61 Å². The van der Waals surface area contributed by atoms with Crippen molar-refractivity contribution < 1.29 is 14.6 Å². The summed E-state index contributed by atoms with van der Waals surface area (Å²) >= 11 is 0. The number of nitrogens with one attached hydrogen (secondary N) is 1. The zero-order valence-corrected chi connectivity index (χ0v) is 16.6. The number of hydrogen-bond acceptors (Lipinski definition) is 6. The molecule has 1 unspecified atom stereocenters. The Labute approximate surface area is 161 Å². The molecule has 150 valence electrons. The van der Waals surface area contributed by atoms with E-state index < -0.39 is 6.10 Å². The van der Waals surface area contributed by atoms with Crippen molar-refractivity contribution in [2.75, 3.05) is 39.9 Å². The highest BCUT2D eigenvalue weighted by Crippen LogP contribution is 2.28. The molecule has 0 aliphatic rings. The molecule has 0 spiro atoms. The van der Waals surface area contributed by atoms with Crippen LogP contribution in [0, 0.1) is 0 Å². The van der Waals surface area contributed by atoms with Crippen molar-refractivity contribution in [3.63, 3.8) is 0 Å². The van der Waals surface area contributed by atoms with Gasteiger partial charge in [-0.15, -0.1) is 0 Å². The predicted molar refractivity (Wildman–Crippen MR) is 106 cm³/mol. The molecule has 2 aromatic rings. The van der Waals surface area contributed by atoms with Gasteiger partial charge in [0.1, 0.15) is 12.7 Å². The van der Waals surface area contributed by atoms with Gasteiger partial charge in [-0.1, -0.05) is 19.9 Å². The van der Waals surface area contributed by atoms with Gasteiger partial charge in [-0.2, -0.15) is 5.10 Å². The lowest BCUT2D eigenvalue weighted by Crippen LogP contribution is -2.35. The van der Waals surface area contributed by atoms with E-state index in [9.17, 15) is 5.11 Å². The standard InChI is InChI=1S/C20H32N4O3/c1-4-23(5-2)15-18(25)16-27-20-13-17(7-8-19(20)26-3)14-21-10-12-24-11-6-9-22-24/h6-9,11,13,18,21,25H,4-5,10,12,14-16H2,1-3H3. The average Bonchev–Trinajstić information content (AvgIpc) is 3.21. The van der Waals surface area contributed by atoms with Crippen LogP contribution in [0.5, 0.6) is 11.5 Å². The van der Waals surface area contributed by atoms with Gasteiger partial charge in [-0.25, -0.2) is 0 Å². The van der Waals surface area contributed by atoms with E-state index >= 15 is 0 Å². The Morgan fingerprint density at radius 3 is 2.74 bits per heavy atom. The Bertz CT molecular complexity index is 645. The van der Waals surface area contributed by atoms with Crippen molar-refractivity contribution >= 4 is 0 Å². The van der Waals surface area contributed by atoms with E-state index in [0.29, 0.717) is 18.0 Å². The highest BCUT2D eigenvalue weighted by molar-refractivity contribution is 5.43. The summed E-state index contributed by atoms with van der Waals surface area (Å²) in [6.45, 7) is 9.21. The predicted octanol–water partition coefficient (Wildman–Crippen LogP) is 1.76. The van der Waals surface area contributed by atoms with Gasteiger partial charge in [0.05, 0.1) is 13.7 Å². The lowest BCUT2D eigenvalue weighted by Gasteiger charge is -2.22. The fourth-order valence-corrected chi connectivity index (χ4v) is 2.82. The van der Waals surface area contributed by atoms with Crippen LogP contribution >= 0.6 is 0 Å². The molecule has 2 rings (SSSR count). The summed E-state index contributed by atoms with van der Waals surface area (Å²) in [4.78, 5) is 2.17. The number of ether oxygens (including phenoxy) is 2. The van der Waals surface area contributed by atoms with Crippen LogP contribution in [-0.4, -0.2) is 65.8 Å². The quantitative estimate of drug-likeness (QED) is 0.519. The third kappa shape index (κ3) is 7.21. The average molecular weight is 377 g/mol. The minimum absolute atomic E-state index is 0.239. The Morgan fingerprint density at radius 1 is 1.26 bits per heavy atom. The molecule has 0 fully saturated rings. The van der Waals surface area contributed by atoms with Crippen molar-refractivity contribution in [1.82, 2.24) is 20.0 Å². The van der Waals surface area contributed by atoms with Crippen LogP contribution in [0.3, 0.4) is 0 Å². The lowest BCUT2D eigenvalue weighted by molar-refractivity contribution is 0.0705. The number of rotatable bonds is 13. The Balaban J connectivity index is 1.84. The minimum atomic E-state index is -0.537. The molecular weight excluding hydrogens is 344 g/mol. The van der Waals surface area contributed by atoms with Crippen LogP contribution in [0.2, 0.25) is 0 Å². The SMILES string of the molecule is CCN(CC)CC(O)COc1cc(CNCCn2cccn2)ccc1OC. The fraction of sp³-hybridized carbons (Fsp3) is 0.550. The van der Waals surface area contributed by atoms with E-state index in [2.05, 4.69) is 29.2 Å². The molecule has 0 saturated carbocycles. The summed E-state index contributed by atoms with van der Waals surface area (Å²) in [5, 5.41) is 17.8. The third-order valence-electron chi connectivity index (χ3n) is 4.43. The van der Waals surface area contributed by atoms with Crippen LogP contribution in [0.15, 0.2) is 36.7 Å². The lowest BCUT2D eigenvalue weighted by atomic mass is 10.2. The number of hydrogen-bond donors (Lipinski definition) is 2. The maximum absolute atomic E-state index is 10.2. The molecule has 0 bridgehead atoms. The second kappa shape index (κ2) is 11.6. The van der Waals surface area contributed by atoms with Crippen LogP contribution in [-0.2, 0) is 13.1 Å². The summed E-state index contributed by atoms with van der Waals surface area (Å²) in [7, 11) is 1.62. The molecule has 1 aromatic carbocycles. The number of aliphatic hydroxyl groups is 1. The maximum Gasteiger partial charge on any atom is 0.161 e. The molecule has 27 heavy (non-hydrogen) atoms. The molecule has 1 atom stereocenters. The molecule has 1 heterocycles. The molecule has 0 radical (unpaired) electrons. The zero-order valence-electron chi connectivity index (χ0n) is 16.6. The van der Waals surface area contributed by atoms with E-state index in [0.717, 1.165) is 38.3 Å². The maximum atomic E-state index is 10.2. The highest BCUT2D eigenvalue weighted by Gasteiger charge is 2.12. The Hall–Kier alpha value is -2.09. The first kappa shape index (κ1) is 21.2. The van der Waals surface area contributed by atoms with E-state index in [4.69, 9.17) is 9.47 Å². The van der Waals surface area contributed by atoms with Crippen LogP contribution < -0.4 is 14.8 Å². The number of methoxy groups -OCH3 is 1. The topological polar surface area (TPSA) is 71.8 Å². The molecule has 0 amide bonds. The van der Waals surface area contributed by atoms with Crippen LogP contribution in [0.4, 0.5) is 0 Å². The first-order chi connectivity index (χ1) is 13.2. The summed E-state index contributed by atoms with van der Waals surface area (Å²) in [5.41, 5.74) is 1.10.